The average molecular weight is 178 g/mol. The van der Waals surface area contributed by atoms with Gasteiger partial charge in [0, 0.05) is 0 Å². The maximum atomic E-state index is 2.38. The number of allylic oxidation sites excluding steroid dienone is 4. The highest BCUT2D eigenvalue weighted by Gasteiger charge is 1.98. The smallest absolute Gasteiger partial charge is 0.0279 e. The van der Waals surface area contributed by atoms with E-state index in [-0.39, 0.29) is 0 Å². The van der Waals surface area contributed by atoms with E-state index in [2.05, 4.69) is 25.2 Å². The molecule has 0 aliphatic heterocycles. The first kappa shape index (κ1) is 10.6. The number of hydrogen-bond donors (Lipinski definition) is 0. The summed E-state index contributed by atoms with van der Waals surface area (Å²) >= 11 is 0. The number of hydrogen-bond acceptors (Lipinski definition) is 0. The molecule has 1 aliphatic rings. The average Bonchev–Trinajstić information content (AvgIpc) is 2.63. The van der Waals surface area contributed by atoms with Gasteiger partial charge in [-0.25, -0.2) is 0 Å². The summed E-state index contributed by atoms with van der Waals surface area (Å²) in [5, 5.41) is 0. The molecule has 74 valence electrons. The van der Waals surface area contributed by atoms with Crippen LogP contribution in [-0.4, -0.2) is 0 Å². The summed E-state index contributed by atoms with van der Waals surface area (Å²) in [5.74, 6) is 0. The molecule has 1 aliphatic carbocycles. The Morgan fingerprint density at radius 3 is 2.92 bits per heavy atom. The van der Waals surface area contributed by atoms with Crippen LogP contribution in [0.15, 0.2) is 23.8 Å². The van der Waals surface area contributed by atoms with Gasteiger partial charge in [0.25, 0.3) is 0 Å². The zero-order valence-corrected chi connectivity index (χ0v) is 8.89. The molecule has 0 heterocycles. The molecule has 0 radical (unpaired) electrons. The minimum absolute atomic E-state index is 1.28. The molecule has 1 rings (SSSR count). The van der Waals surface area contributed by atoms with E-state index in [1.165, 1.54) is 51.4 Å². The molecule has 0 nitrogen and oxygen atoms in total. The van der Waals surface area contributed by atoms with E-state index in [9.17, 15) is 0 Å². The van der Waals surface area contributed by atoms with Gasteiger partial charge in [0.1, 0.15) is 0 Å². The second kappa shape index (κ2) is 6.94. The van der Waals surface area contributed by atoms with Crippen LogP contribution >= 0.6 is 0 Å². The maximum Gasteiger partial charge on any atom is -0.0279 e. The lowest BCUT2D eigenvalue weighted by Gasteiger charge is -1.94. The van der Waals surface area contributed by atoms with Gasteiger partial charge in [0.15, 0.2) is 0 Å². The van der Waals surface area contributed by atoms with E-state index in [1.54, 1.807) is 5.57 Å². The largest absolute Gasteiger partial charge is 0.0843 e. The monoisotopic (exact) mass is 178 g/mol. The molecule has 0 bridgehead atoms. The molecule has 0 unspecified atom stereocenters. The molecule has 0 amide bonds. The molecule has 0 N–H and O–H groups in total. The molecule has 13 heavy (non-hydrogen) atoms. The third kappa shape index (κ3) is 4.92. The molecule has 0 heteroatoms. The molecule has 0 aromatic rings. The van der Waals surface area contributed by atoms with Crippen molar-refractivity contribution in [3.63, 3.8) is 0 Å². The molecule has 0 aromatic heterocycles. The minimum Gasteiger partial charge on any atom is -0.0843 e. The highest BCUT2D eigenvalue weighted by Crippen LogP contribution is 2.18. The van der Waals surface area contributed by atoms with Crippen molar-refractivity contribution in [2.45, 2.75) is 58.3 Å². The molecule has 0 aromatic carbocycles. The van der Waals surface area contributed by atoms with E-state index >= 15 is 0 Å². The Balaban J connectivity index is 1.98. The lowest BCUT2D eigenvalue weighted by molar-refractivity contribution is 0.674. The van der Waals surface area contributed by atoms with E-state index in [4.69, 9.17) is 0 Å². The Labute approximate surface area is 82.7 Å². The zero-order chi connectivity index (χ0) is 9.36. The van der Waals surface area contributed by atoms with Gasteiger partial charge in [0.05, 0.1) is 0 Å². The van der Waals surface area contributed by atoms with Crippen molar-refractivity contribution >= 4 is 0 Å². The van der Waals surface area contributed by atoms with Gasteiger partial charge < -0.3 is 0 Å². The molecule has 0 atom stereocenters. The summed E-state index contributed by atoms with van der Waals surface area (Å²) in [4.78, 5) is 0. The summed E-state index contributed by atoms with van der Waals surface area (Å²) in [5.41, 5.74) is 1.57. The number of rotatable bonds is 6. The van der Waals surface area contributed by atoms with Crippen LogP contribution in [0.1, 0.15) is 58.3 Å². The van der Waals surface area contributed by atoms with Gasteiger partial charge >= 0.3 is 0 Å². The normalized spacial score (nSPS) is 16.8. The lowest BCUT2D eigenvalue weighted by Crippen LogP contribution is -1.74. The van der Waals surface area contributed by atoms with Gasteiger partial charge in [-0.15, -0.1) is 0 Å². The van der Waals surface area contributed by atoms with Crippen LogP contribution in [0.25, 0.3) is 0 Å². The summed E-state index contributed by atoms with van der Waals surface area (Å²) < 4.78 is 0. The fourth-order valence-electron chi connectivity index (χ4n) is 1.77. The van der Waals surface area contributed by atoms with Crippen LogP contribution in [0.2, 0.25) is 0 Å². The Kier molecular flexibility index (Phi) is 5.64. The van der Waals surface area contributed by atoms with Crippen LogP contribution in [0, 0.1) is 0 Å². The molecular weight excluding hydrogens is 156 g/mol. The van der Waals surface area contributed by atoms with Crippen molar-refractivity contribution in [3.8, 4) is 0 Å². The molecule has 0 saturated heterocycles. The first-order valence-corrected chi connectivity index (χ1v) is 5.79. The lowest BCUT2D eigenvalue weighted by atomic mass is 10.1. The summed E-state index contributed by atoms with van der Waals surface area (Å²) in [6, 6.07) is 0. The van der Waals surface area contributed by atoms with Crippen LogP contribution in [0.3, 0.4) is 0 Å². The van der Waals surface area contributed by atoms with E-state index in [1.807, 2.05) is 0 Å². The Morgan fingerprint density at radius 2 is 2.23 bits per heavy atom. The topological polar surface area (TPSA) is 0 Å². The summed E-state index contributed by atoms with van der Waals surface area (Å²) in [6.45, 7) is 2.26. The third-order valence-electron chi connectivity index (χ3n) is 2.63. The van der Waals surface area contributed by atoms with Gasteiger partial charge in [-0.3, -0.25) is 0 Å². The predicted molar refractivity (Wildman–Crippen MR) is 59.8 cm³/mol. The Morgan fingerprint density at radius 1 is 1.31 bits per heavy atom. The molecule has 0 fully saturated rings. The highest BCUT2D eigenvalue weighted by atomic mass is 14.0. The molecular formula is C13H22. The summed E-state index contributed by atoms with van der Waals surface area (Å²) in [7, 11) is 0. The molecule has 0 saturated carbocycles. The van der Waals surface area contributed by atoms with Gasteiger partial charge in [-0.2, -0.15) is 0 Å². The first-order chi connectivity index (χ1) is 6.43. The van der Waals surface area contributed by atoms with Gasteiger partial charge in [-0.05, 0) is 32.1 Å². The second-order valence-electron chi connectivity index (χ2n) is 3.92. The second-order valence-corrected chi connectivity index (χ2v) is 3.92. The van der Waals surface area contributed by atoms with Crippen LogP contribution in [-0.2, 0) is 0 Å². The van der Waals surface area contributed by atoms with Crippen molar-refractivity contribution in [2.75, 3.05) is 0 Å². The zero-order valence-electron chi connectivity index (χ0n) is 8.89. The maximum absolute atomic E-state index is 2.38. The van der Waals surface area contributed by atoms with E-state index in [0.29, 0.717) is 0 Å². The van der Waals surface area contributed by atoms with Crippen molar-refractivity contribution in [2.24, 2.45) is 0 Å². The van der Waals surface area contributed by atoms with Gasteiger partial charge in [0.2, 0.25) is 0 Å². The van der Waals surface area contributed by atoms with Crippen molar-refractivity contribution in [3.05, 3.63) is 23.8 Å². The summed E-state index contributed by atoms with van der Waals surface area (Å²) in [6.07, 6.45) is 17.8. The SMILES string of the molecule is CCCCCCC=CC1=CCCC1. The quantitative estimate of drug-likeness (QED) is 0.520. The third-order valence-corrected chi connectivity index (χ3v) is 2.63. The fourth-order valence-corrected chi connectivity index (χ4v) is 1.77. The van der Waals surface area contributed by atoms with E-state index in [0.717, 1.165) is 0 Å². The number of unbranched alkanes of at least 4 members (excludes halogenated alkanes) is 4. The van der Waals surface area contributed by atoms with E-state index < -0.39 is 0 Å². The van der Waals surface area contributed by atoms with Crippen molar-refractivity contribution in [1.29, 1.82) is 0 Å². The standard InChI is InChI=1S/C13H22/c1-2-3-4-5-6-7-10-13-11-8-9-12-13/h7,10-11H,2-6,8-9,12H2,1H3. The Hall–Kier alpha value is -0.520. The van der Waals surface area contributed by atoms with Gasteiger partial charge in [-0.1, -0.05) is 50.0 Å². The predicted octanol–water partition coefficient (Wildman–Crippen LogP) is 4.62. The first-order valence-electron chi connectivity index (χ1n) is 5.79. The van der Waals surface area contributed by atoms with Crippen LogP contribution in [0.5, 0.6) is 0 Å². The molecule has 0 spiro atoms. The van der Waals surface area contributed by atoms with Crippen LogP contribution in [0.4, 0.5) is 0 Å². The van der Waals surface area contributed by atoms with Crippen molar-refractivity contribution < 1.29 is 0 Å². The Bertz CT molecular complexity index is 174. The minimum atomic E-state index is 1.28. The van der Waals surface area contributed by atoms with Crippen molar-refractivity contribution in [1.82, 2.24) is 0 Å². The van der Waals surface area contributed by atoms with Crippen LogP contribution < -0.4 is 0 Å². The fraction of sp³-hybridized carbons (Fsp3) is 0.692. The highest BCUT2D eigenvalue weighted by molar-refractivity contribution is 5.21.